The van der Waals surface area contributed by atoms with Gasteiger partial charge in [-0.1, -0.05) is 41.9 Å². The number of hydrogen-bond acceptors (Lipinski definition) is 6. The molecule has 8 nitrogen and oxygen atoms in total. The van der Waals surface area contributed by atoms with E-state index in [4.69, 9.17) is 20.4 Å². The number of rotatable bonds is 9. The second-order valence-corrected chi connectivity index (χ2v) is 9.57. The maximum atomic E-state index is 13.4. The van der Waals surface area contributed by atoms with Crippen molar-refractivity contribution in [2.75, 3.05) is 0 Å². The fourth-order valence-corrected chi connectivity index (χ4v) is 4.63. The van der Waals surface area contributed by atoms with Crippen LogP contribution in [0.1, 0.15) is 27.6 Å². The Balaban J connectivity index is 1.51. The van der Waals surface area contributed by atoms with E-state index in [1.54, 1.807) is 18.2 Å². The zero-order valence-electron chi connectivity index (χ0n) is 17.8. The molecule has 1 amide bonds. The van der Waals surface area contributed by atoms with Crippen molar-refractivity contribution in [1.82, 2.24) is 9.73 Å². The Morgan fingerprint density at radius 1 is 0.971 bits per heavy atom. The lowest BCUT2D eigenvalue weighted by atomic mass is 10.2. The van der Waals surface area contributed by atoms with Gasteiger partial charge in [0, 0.05) is 11.6 Å². The van der Waals surface area contributed by atoms with Crippen LogP contribution in [-0.2, 0) is 23.1 Å². The highest BCUT2D eigenvalue weighted by Gasteiger charge is 2.26. The largest absolute Gasteiger partial charge is 0.459 e. The van der Waals surface area contributed by atoms with Crippen LogP contribution in [0.4, 0.5) is 0 Å². The zero-order chi connectivity index (χ0) is 24.0. The third-order valence-corrected chi connectivity index (χ3v) is 6.83. The summed E-state index contributed by atoms with van der Waals surface area (Å²) in [7, 11) is -3.84. The smallest absolute Gasteiger partial charge is 0.307 e. The van der Waals surface area contributed by atoms with Gasteiger partial charge in [0.1, 0.15) is 11.5 Å². The molecule has 34 heavy (non-hydrogen) atoms. The summed E-state index contributed by atoms with van der Waals surface area (Å²) >= 11 is 5.93. The summed E-state index contributed by atoms with van der Waals surface area (Å²) in [6.45, 7) is 0.140. The third-order valence-electron chi connectivity index (χ3n) is 4.77. The van der Waals surface area contributed by atoms with E-state index < -0.39 is 15.9 Å². The van der Waals surface area contributed by atoms with E-state index in [2.05, 4.69) is 10.5 Å². The Hall–Kier alpha value is -3.66. The highest BCUT2D eigenvalue weighted by atomic mass is 35.5. The molecule has 0 radical (unpaired) electrons. The standard InChI is InChI=1S/C24H20ClN3O5S/c25-19-8-12-22(13-9-19)34(30,31)28(16-18-5-2-1-3-6-18)17-21-11-10-20(33-21)15-26-27-24(29)23-7-4-14-32-23/h1-15H,16-17H2,(H,27,29)/b26-15-. The third kappa shape index (κ3) is 5.82. The first-order chi connectivity index (χ1) is 16.4. The summed E-state index contributed by atoms with van der Waals surface area (Å²) in [6, 6.07) is 21.7. The van der Waals surface area contributed by atoms with Crippen LogP contribution < -0.4 is 5.43 Å². The number of nitrogens with one attached hydrogen (secondary N) is 1. The highest BCUT2D eigenvalue weighted by molar-refractivity contribution is 7.89. The Morgan fingerprint density at radius 3 is 2.44 bits per heavy atom. The lowest BCUT2D eigenvalue weighted by molar-refractivity contribution is 0.0927. The van der Waals surface area contributed by atoms with Gasteiger partial charge in [-0.15, -0.1) is 0 Å². The SMILES string of the molecule is O=C(N/N=C\c1ccc(CN(Cc2ccccc2)S(=O)(=O)c2ccc(Cl)cc2)o1)c1ccco1. The summed E-state index contributed by atoms with van der Waals surface area (Å²) in [6.07, 6.45) is 2.70. The van der Waals surface area contributed by atoms with Gasteiger partial charge in [-0.25, -0.2) is 13.8 Å². The van der Waals surface area contributed by atoms with Crippen LogP contribution in [0, 0.1) is 0 Å². The average Bonchev–Trinajstić information content (AvgIpc) is 3.52. The number of sulfonamides is 1. The average molecular weight is 498 g/mol. The van der Waals surface area contributed by atoms with E-state index in [9.17, 15) is 13.2 Å². The minimum atomic E-state index is -3.84. The van der Waals surface area contributed by atoms with Crippen molar-refractivity contribution in [3.63, 3.8) is 0 Å². The van der Waals surface area contributed by atoms with Crippen LogP contribution >= 0.6 is 11.6 Å². The molecule has 0 fully saturated rings. The zero-order valence-corrected chi connectivity index (χ0v) is 19.4. The van der Waals surface area contributed by atoms with Crippen LogP contribution in [0.2, 0.25) is 5.02 Å². The second-order valence-electron chi connectivity index (χ2n) is 7.19. The normalized spacial score (nSPS) is 11.8. The fraction of sp³-hybridized carbons (Fsp3) is 0.0833. The molecule has 4 rings (SSSR count). The Morgan fingerprint density at radius 2 is 1.74 bits per heavy atom. The molecule has 0 bridgehead atoms. The molecule has 10 heteroatoms. The molecule has 0 saturated heterocycles. The first-order valence-corrected chi connectivity index (χ1v) is 12.0. The first-order valence-electron chi connectivity index (χ1n) is 10.2. The molecule has 4 aromatic rings. The molecule has 174 valence electrons. The summed E-state index contributed by atoms with van der Waals surface area (Å²) in [5.74, 6) is 0.378. The number of furan rings is 2. The number of nitrogens with zero attached hydrogens (tertiary/aromatic N) is 2. The van der Waals surface area contributed by atoms with Crippen molar-refractivity contribution in [2.24, 2.45) is 5.10 Å². The van der Waals surface area contributed by atoms with Crippen LogP contribution in [-0.4, -0.2) is 24.8 Å². The highest BCUT2D eigenvalue weighted by Crippen LogP contribution is 2.23. The first kappa shape index (κ1) is 23.5. The van der Waals surface area contributed by atoms with Gasteiger partial charge in [0.15, 0.2) is 5.76 Å². The number of carbonyl (C=O) groups is 1. The van der Waals surface area contributed by atoms with Crippen molar-refractivity contribution in [3.05, 3.63) is 113 Å². The molecule has 0 spiro atoms. The van der Waals surface area contributed by atoms with Crippen molar-refractivity contribution in [2.45, 2.75) is 18.0 Å². The predicted molar refractivity (Wildman–Crippen MR) is 127 cm³/mol. The van der Waals surface area contributed by atoms with Gasteiger partial charge in [-0.2, -0.15) is 9.41 Å². The van der Waals surface area contributed by atoms with Gasteiger partial charge < -0.3 is 8.83 Å². The number of hydrazone groups is 1. The number of carbonyl (C=O) groups excluding carboxylic acids is 1. The molecule has 0 aliphatic rings. The van der Waals surface area contributed by atoms with E-state index in [0.29, 0.717) is 16.5 Å². The maximum Gasteiger partial charge on any atom is 0.307 e. The molecule has 0 atom stereocenters. The molecular weight excluding hydrogens is 478 g/mol. The molecule has 0 saturated carbocycles. The molecule has 2 heterocycles. The van der Waals surface area contributed by atoms with Crippen molar-refractivity contribution < 1.29 is 22.0 Å². The van der Waals surface area contributed by atoms with Crippen molar-refractivity contribution >= 4 is 33.7 Å². The molecule has 0 unspecified atom stereocenters. The Bertz CT molecular complexity index is 1370. The number of benzene rings is 2. The lowest BCUT2D eigenvalue weighted by Crippen LogP contribution is -2.30. The molecule has 1 N–H and O–H groups in total. The van der Waals surface area contributed by atoms with Crippen LogP contribution in [0.15, 0.2) is 104 Å². The van der Waals surface area contributed by atoms with E-state index in [0.717, 1.165) is 5.56 Å². The van der Waals surface area contributed by atoms with Gasteiger partial charge in [0.05, 0.1) is 23.9 Å². The molecule has 2 aromatic heterocycles. The summed E-state index contributed by atoms with van der Waals surface area (Å²) < 4.78 is 38.8. The number of halogens is 1. The van der Waals surface area contributed by atoms with E-state index in [-0.39, 0.29) is 23.7 Å². The van der Waals surface area contributed by atoms with Crippen LogP contribution in [0.25, 0.3) is 0 Å². The molecular formula is C24H20ClN3O5S. The minimum Gasteiger partial charge on any atom is -0.459 e. The van der Waals surface area contributed by atoms with E-state index in [1.807, 2.05) is 30.3 Å². The fourth-order valence-electron chi connectivity index (χ4n) is 3.11. The van der Waals surface area contributed by atoms with Crippen molar-refractivity contribution in [3.8, 4) is 0 Å². The summed E-state index contributed by atoms with van der Waals surface area (Å²) in [5.41, 5.74) is 3.15. The monoisotopic (exact) mass is 497 g/mol. The molecule has 0 aliphatic heterocycles. The van der Waals surface area contributed by atoms with Gasteiger partial charge in [0.2, 0.25) is 10.0 Å². The topological polar surface area (TPSA) is 105 Å². The van der Waals surface area contributed by atoms with E-state index >= 15 is 0 Å². The number of amides is 1. The van der Waals surface area contributed by atoms with Gasteiger partial charge in [-0.3, -0.25) is 4.79 Å². The molecule has 2 aromatic carbocycles. The molecule has 0 aliphatic carbocycles. The van der Waals surface area contributed by atoms with E-state index in [1.165, 1.54) is 47.1 Å². The summed E-state index contributed by atoms with van der Waals surface area (Å²) in [5, 5.41) is 4.29. The van der Waals surface area contributed by atoms with Gasteiger partial charge in [0.25, 0.3) is 0 Å². The Labute approximate surface area is 201 Å². The van der Waals surface area contributed by atoms with Gasteiger partial charge in [-0.05, 0) is 54.1 Å². The predicted octanol–water partition coefficient (Wildman–Crippen LogP) is 4.68. The summed E-state index contributed by atoms with van der Waals surface area (Å²) in [4.78, 5) is 12.0. The Kier molecular flexibility index (Phi) is 7.27. The van der Waals surface area contributed by atoms with Gasteiger partial charge >= 0.3 is 5.91 Å². The van der Waals surface area contributed by atoms with Crippen LogP contribution in [0.5, 0.6) is 0 Å². The quantitative estimate of drug-likeness (QED) is 0.267. The van der Waals surface area contributed by atoms with Crippen molar-refractivity contribution in [1.29, 1.82) is 0 Å². The minimum absolute atomic E-state index is 0.00749. The lowest BCUT2D eigenvalue weighted by Gasteiger charge is -2.21. The number of hydrogen-bond donors (Lipinski definition) is 1. The second kappa shape index (κ2) is 10.5. The maximum absolute atomic E-state index is 13.4. The van der Waals surface area contributed by atoms with Crippen LogP contribution in [0.3, 0.4) is 0 Å².